The number of benzene rings is 2. The van der Waals surface area contributed by atoms with Gasteiger partial charge in [-0.3, -0.25) is 4.79 Å². The molecule has 2 aromatic rings. The molecule has 2 unspecified atom stereocenters. The quantitative estimate of drug-likeness (QED) is 0.447. The normalized spacial score (nSPS) is 23.7. The van der Waals surface area contributed by atoms with Gasteiger partial charge < -0.3 is 15.0 Å². The first kappa shape index (κ1) is 29.0. The maximum atomic E-state index is 13.2. The number of sulfonamides is 1. The Labute approximate surface area is 232 Å². The molecule has 1 aliphatic carbocycles. The van der Waals surface area contributed by atoms with E-state index in [1.165, 1.54) is 22.0 Å². The second kappa shape index (κ2) is 13.4. The van der Waals surface area contributed by atoms with Crippen molar-refractivity contribution in [2.24, 2.45) is 5.92 Å². The molecule has 1 aliphatic heterocycles. The van der Waals surface area contributed by atoms with Crippen molar-refractivity contribution in [3.05, 3.63) is 65.2 Å². The zero-order valence-electron chi connectivity index (χ0n) is 22.4. The van der Waals surface area contributed by atoms with E-state index in [1.54, 1.807) is 12.1 Å². The maximum absolute atomic E-state index is 13.2. The van der Waals surface area contributed by atoms with E-state index < -0.39 is 10.0 Å². The maximum Gasteiger partial charge on any atom is 0.246 e. The van der Waals surface area contributed by atoms with E-state index in [4.69, 9.17) is 16.3 Å². The van der Waals surface area contributed by atoms with Gasteiger partial charge in [-0.15, -0.1) is 0 Å². The Hall–Kier alpha value is -1.97. The third-order valence-corrected chi connectivity index (χ3v) is 10.0. The van der Waals surface area contributed by atoms with Crippen LogP contribution in [-0.2, 0) is 19.6 Å². The standard InChI is InChI=1S/C29H40ClN3O4S/c1-32(2)29(22-8-4-3-5-9-22)23-11-15-25(16-12-23)31-28(34)21-37-20-26-10-6-7-19-33(26)38(35,36)27-17-13-24(30)14-18-27/h3-5,8-9,13-14,17-18,23,25-26,29H,6-7,10-12,15-16,19-21H2,1-2H3,(H,31,34). The number of amides is 1. The van der Waals surface area contributed by atoms with Crippen LogP contribution < -0.4 is 5.32 Å². The molecule has 9 heteroatoms. The summed E-state index contributed by atoms with van der Waals surface area (Å²) < 4.78 is 33.7. The topological polar surface area (TPSA) is 79.0 Å². The van der Waals surface area contributed by atoms with Gasteiger partial charge in [0.05, 0.1) is 11.5 Å². The highest BCUT2D eigenvalue weighted by Gasteiger charge is 2.34. The smallest absolute Gasteiger partial charge is 0.246 e. The van der Waals surface area contributed by atoms with Crippen molar-refractivity contribution >= 4 is 27.5 Å². The number of nitrogens with zero attached hydrogens (tertiary/aromatic N) is 2. The van der Waals surface area contributed by atoms with Crippen molar-refractivity contribution in [3.63, 3.8) is 0 Å². The lowest BCUT2D eigenvalue weighted by molar-refractivity contribution is -0.127. The van der Waals surface area contributed by atoms with Crippen LogP contribution in [0.1, 0.15) is 56.6 Å². The molecule has 1 N–H and O–H groups in total. The molecule has 1 amide bonds. The summed E-state index contributed by atoms with van der Waals surface area (Å²) in [6.07, 6.45) is 6.48. The van der Waals surface area contributed by atoms with Gasteiger partial charge in [-0.05, 0) is 88.4 Å². The Kier molecular flexibility index (Phi) is 10.2. The highest BCUT2D eigenvalue weighted by molar-refractivity contribution is 7.89. The number of nitrogens with one attached hydrogen (secondary N) is 1. The molecular formula is C29H40ClN3O4S. The molecule has 1 saturated heterocycles. The van der Waals surface area contributed by atoms with E-state index in [2.05, 4.69) is 54.6 Å². The molecule has 1 heterocycles. The van der Waals surface area contributed by atoms with Crippen molar-refractivity contribution in [2.45, 2.75) is 68.0 Å². The van der Waals surface area contributed by atoms with Gasteiger partial charge in [-0.2, -0.15) is 4.31 Å². The van der Waals surface area contributed by atoms with Gasteiger partial charge in [0.15, 0.2) is 0 Å². The zero-order valence-corrected chi connectivity index (χ0v) is 24.0. The van der Waals surface area contributed by atoms with E-state index in [-0.39, 0.29) is 36.1 Å². The number of carbonyl (C=O) groups is 1. The number of hydrogen-bond donors (Lipinski definition) is 1. The lowest BCUT2D eigenvalue weighted by Crippen LogP contribution is -2.46. The molecule has 1 saturated carbocycles. The summed E-state index contributed by atoms with van der Waals surface area (Å²) in [5.74, 6) is 0.417. The minimum Gasteiger partial charge on any atom is -0.370 e. The summed E-state index contributed by atoms with van der Waals surface area (Å²) in [6, 6.07) is 17.1. The van der Waals surface area contributed by atoms with Crippen LogP contribution in [0, 0.1) is 5.92 Å². The molecule has 0 radical (unpaired) electrons. The van der Waals surface area contributed by atoms with Crippen LogP contribution in [0.4, 0.5) is 0 Å². The SMILES string of the molecule is CN(C)C(c1ccccc1)C1CCC(NC(=O)COCC2CCCCN2S(=O)(=O)c2ccc(Cl)cc2)CC1. The Bertz CT molecular complexity index is 1140. The van der Waals surface area contributed by atoms with E-state index in [0.717, 1.165) is 38.5 Å². The van der Waals surface area contributed by atoms with Crippen LogP contribution >= 0.6 is 11.6 Å². The lowest BCUT2D eigenvalue weighted by atomic mass is 9.78. The van der Waals surface area contributed by atoms with Gasteiger partial charge in [0.1, 0.15) is 6.61 Å². The van der Waals surface area contributed by atoms with E-state index >= 15 is 0 Å². The fourth-order valence-corrected chi connectivity index (χ4v) is 7.78. The van der Waals surface area contributed by atoms with Gasteiger partial charge in [-0.25, -0.2) is 8.42 Å². The summed E-state index contributed by atoms with van der Waals surface area (Å²) in [6.45, 7) is 0.593. The van der Waals surface area contributed by atoms with Crippen LogP contribution in [0.25, 0.3) is 0 Å². The third kappa shape index (κ3) is 7.36. The van der Waals surface area contributed by atoms with Gasteiger partial charge in [0.25, 0.3) is 0 Å². The average Bonchev–Trinajstić information content (AvgIpc) is 2.91. The third-order valence-electron chi connectivity index (χ3n) is 7.82. The van der Waals surface area contributed by atoms with E-state index in [1.807, 2.05) is 0 Å². The highest BCUT2D eigenvalue weighted by atomic mass is 35.5. The van der Waals surface area contributed by atoms with Crippen LogP contribution in [0.3, 0.4) is 0 Å². The van der Waals surface area contributed by atoms with E-state index in [9.17, 15) is 13.2 Å². The van der Waals surface area contributed by atoms with Crippen molar-refractivity contribution in [1.29, 1.82) is 0 Å². The molecule has 2 fully saturated rings. The first-order valence-corrected chi connectivity index (χ1v) is 15.4. The van der Waals surface area contributed by atoms with Gasteiger partial charge in [0.2, 0.25) is 15.9 Å². The molecule has 208 valence electrons. The molecule has 0 aromatic heterocycles. The van der Waals surface area contributed by atoms with Crippen molar-refractivity contribution in [3.8, 4) is 0 Å². The molecule has 0 spiro atoms. The van der Waals surface area contributed by atoms with Crippen molar-refractivity contribution < 1.29 is 17.9 Å². The van der Waals surface area contributed by atoms with Crippen molar-refractivity contribution in [1.82, 2.24) is 14.5 Å². The minimum atomic E-state index is -3.65. The summed E-state index contributed by atoms with van der Waals surface area (Å²) in [7, 11) is 0.623. The molecule has 0 bridgehead atoms. The van der Waals surface area contributed by atoms with Crippen LogP contribution in [0.5, 0.6) is 0 Å². The molecule has 2 aliphatic rings. The Morgan fingerprint density at radius 1 is 1.03 bits per heavy atom. The first-order valence-electron chi connectivity index (χ1n) is 13.6. The summed E-state index contributed by atoms with van der Waals surface area (Å²) in [5, 5.41) is 3.63. The number of halogens is 1. The van der Waals surface area contributed by atoms with Crippen LogP contribution in [-0.4, -0.2) is 69.5 Å². The minimum absolute atomic E-state index is 0.0599. The van der Waals surface area contributed by atoms with Crippen LogP contribution in [0.15, 0.2) is 59.5 Å². The second-order valence-corrected chi connectivity index (χ2v) is 13.1. The summed E-state index contributed by atoms with van der Waals surface area (Å²) in [5.41, 5.74) is 1.34. The highest BCUT2D eigenvalue weighted by Crippen LogP contribution is 2.37. The molecule has 2 aromatic carbocycles. The largest absolute Gasteiger partial charge is 0.370 e. The molecule has 38 heavy (non-hydrogen) atoms. The lowest BCUT2D eigenvalue weighted by Gasteiger charge is -2.37. The number of ether oxygens (including phenoxy) is 1. The van der Waals surface area contributed by atoms with Gasteiger partial charge >= 0.3 is 0 Å². The molecular weight excluding hydrogens is 522 g/mol. The second-order valence-electron chi connectivity index (χ2n) is 10.7. The molecule has 7 nitrogen and oxygen atoms in total. The van der Waals surface area contributed by atoms with E-state index in [0.29, 0.717) is 29.9 Å². The number of hydrogen-bond acceptors (Lipinski definition) is 5. The molecule has 2 atom stereocenters. The number of carbonyl (C=O) groups excluding carboxylic acids is 1. The Balaban J connectivity index is 1.24. The fourth-order valence-electron chi connectivity index (χ4n) is 5.98. The summed E-state index contributed by atoms with van der Waals surface area (Å²) >= 11 is 5.93. The Morgan fingerprint density at radius 2 is 1.71 bits per heavy atom. The predicted octanol–water partition coefficient (Wildman–Crippen LogP) is 4.88. The zero-order chi connectivity index (χ0) is 27.1. The summed E-state index contributed by atoms with van der Waals surface area (Å²) in [4.78, 5) is 15.2. The van der Waals surface area contributed by atoms with Crippen LogP contribution in [0.2, 0.25) is 5.02 Å². The van der Waals surface area contributed by atoms with Gasteiger partial charge in [0, 0.05) is 29.7 Å². The predicted molar refractivity (Wildman–Crippen MR) is 151 cm³/mol. The van der Waals surface area contributed by atoms with Gasteiger partial charge in [-0.1, -0.05) is 48.4 Å². The number of piperidine rings is 1. The fraction of sp³-hybridized carbons (Fsp3) is 0.552. The van der Waals surface area contributed by atoms with Crippen molar-refractivity contribution in [2.75, 3.05) is 33.9 Å². The first-order chi connectivity index (χ1) is 18.3. The Morgan fingerprint density at radius 3 is 2.37 bits per heavy atom. The molecule has 4 rings (SSSR count). The average molecular weight is 562 g/mol. The number of rotatable bonds is 10. The monoisotopic (exact) mass is 561 g/mol.